The number of carbonyl (C=O) groups excluding carboxylic acids is 2. The molecule has 4 aliphatic carbocycles. The Labute approximate surface area is 183 Å². The second kappa shape index (κ2) is 8.19. The number of nitrogens with zero attached hydrogens (tertiary/aromatic N) is 1. The second-order valence-corrected chi connectivity index (χ2v) is 11.1. The maximum Gasteiger partial charge on any atom is 0.254 e. The van der Waals surface area contributed by atoms with Crippen molar-refractivity contribution in [1.29, 1.82) is 0 Å². The number of likely N-dealkylation sites (tertiary alicyclic amines) is 1. The van der Waals surface area contributed by atoms with Gasteiger partial charge in [0.1, 0.15) is 0 Å². The van der Waals surface area contributed by atoms with E-state index < -0.39 is 0 Å². The molecule has 5 nitrogen and oxygen atoms in total. The van der Waals surface area contributed by atoms with Gasteiger partial charge in [-0.15, -0.1) is 11.8 Å². The summed E-state index contributed by atoms with van der Waals surface area (Å²) in [5.74, 6) is 2.89. The molecule has 2 N–H and O–H groups in total. The first-order valence-corrected chi connectivity index (χ1v) is 12.5. The predicted octanol–water partition coefficient (Wildman–Crippen LogP) is 3.46. The van der Waals surface area contributed by atoms with E-state index in [9.17, 15) is 14.7 Å². The van der Waals surface area contributed by atoms with Gasteiger partial charge in [0.15, 0.2) is 0 Å². The van der Waals surface area contributed by atoms with E-state index >= 15 is 0 Å². The average molecular weight is 429 g/mol. The summed E-state index contributed by atoms with van der Waals surface area (Å²) >= 11 is 1.47. The van der Waals surface area contributed by atoms with E-state index in [0.717, 1.165) is 41.9 Å². The fraction of sp³-hybridized carbons (Fsp3) is 0.667. The lowest BCUT2D eigenvalue weighted by Gasteiger charge is -2.56. The minimum absolute atomic E-state index is 0.00601. The molecule has 1 aliphatic heterocycles. The Balaban J connectivity index is 1.21. The predicted molar refractivity (Wildman–Crippen MR) is 117 cm³/mol. The summed E-state index contributed by atoms with van der Waals surface area (Å²) in [6.07, 6.45) is 8.55. The zero-order valence-electron chi connectivity index (χ0n) is 17.5. The van der Waals surface area contributed by atoms with Crippen molar-refractivity contribution in [1.82, 2.24) is 10.2 Å². The second-order valence-electron chi connectivity index (χ2n) is 10.1. The average Bonchev–Trinajstić information content (AvgIpc) is 2.71. The number of carbonyl (C=O) groups is 2. The van der Waals surface area contributed by atoms with Gasteiger partial charge in [0.2, 0.25) is 5.91 Å². The molecule has 4 saturated carbocycles. The summed E-state index contributed by atoms with van der Waals surface area (Å²) in [6, 6.07) is 7.60. The lowest BCUT2D eigenvalue weighted by Crippen LogP contribution is -2.60. The van der Waals surface area contributed by atoms with Crippen LogP contribution in [0.25, 0.3) is 0 Å². The molecule has 6 heteroatoms. The summed E-state index contributed by atoms with van der Waals surface area (Å²) in [7, 11) is 0. The van der Waals surface area contributed by atoms with Gasteiger partial charge in [-0.1, -0.05) is 12.1 Å². The zero-order chi connectivity index (χ0) is 20.7. The van der Waals surface area contributed by atoms with Crippen molar-refractivity contribution in [2.45, 2.75) is 67.9 Å². The van der Waals surface area contributed by atoms with E-state index in [4.69, 9.17) is 0 Å². The summed E-state index contributed by atoms with van der Waals surface area (Å²) in [4.78, 5) is 28.6. The van der Waals surface area contributed by atoms with Crippen LogP contribution in [0, 0.1) is 17.8 Å². The largest absolute Gasteiger partial charge is 0.393 e. The van der Waals surface area contributed by atoms with Gasteiger partial charge in [-0.2, -0.15) is 0 Å². The normalized spacial score (nSPS) is 33.0. The van der Waals surface area contributed by atoms with Crippen LogP contribution in [-0.2, 0) is 4.79 Å². The molecule has 0 unspecified atom stereocenters. The highest BCUT2D eigenvalue weighted by Crippen LogP contribution is 2.55. The number of rotatable bonds is 5. The highest BCUT2D eigenvalue weighted by molar-refractivity contribution is 8.00. The third-order valence-electron chi connectivity index (χ3n) is 7.67. The number of hydrogen-bond donors (Lipinski definition) is 2. The van der Waals surface area contributed by atoms with Gasteiger partial charge in [0, 0.05) is 23.5 Å². The number of thioether (sulfide) groups is 1. The SMILES string of the molecule is O=C(CSc1ccccc1C(=O)N1CCC(O)CC1)NC12CC3CC(CC(C3)C1)C2. The maximum absolute atomic E-state index is 13.0. The molecule has 162 valence electrons. The molecule has 0 atom stereocenters. The molecule has 1 aromatic carbocycles. The van der Waals surface area contributed by atoms with E-state index in [2.05, 4.69) is 5.32 Å². The molecule has 5 aliphatic rings. The number of hydrogen-bond acceptors (Lipinski definition) is 4. The zero-order valence-corrected chi connectivity index (χ0v) is 18.3. The van der Waals surface area contributed by atoms with Crippen molar-refractivity contribution < 1.29 is 14.7 Å². The van der Waals surface area contributed by atoms with E-state index in [1.807, 2.05) is 29.2 Å². The van der Waals surface area contributed by atoms with Crippen LogP contribution >= 0.6 is 11.8 Å². The summed E-state index contributed by atoms with van der Waals surface area (Å²) in [5, 5.41) is 13.1. The first-order chi connectivity index (χ1) is 14.5. The molecule has 0 aromatic heterocycles. The van der Waals surface area contributed by atoms with Crippen molar-refractivity contribution in [3.05, 3.63) is 29.8 Å². The topological polar surface area (TPSA) is 69.6 Å². The van der Waals surface area contributed by atoms with Crippen LogP contribution < -0.4 is 5.32 Å². The Morgan fingerprint density at radius 3 is 2.27 bits per heavy atom. The Kier molecular flexibility index (Phi) is 5.56. The summed E-state index contributed by atoms with van der Waals surface area (Å²) in [5.41, 5.74) is 0.706. The van der Waals surface area contributed by atoms with Gasteiger partial charge in [-0.3, -0.25) is 9.59 Å². The Morgan fingerprint density at radius 1 is 1.03 bits per heavy atom. The van der Waals surface area contributed by atoms with E-state index in [-0.39, 0.29) is 23.5 Å². The number of amides is 2. The first-order valence-electron chi connectivity index (χ1n) is 11.5. The standard InChI is InChI=1S/C24H32N2O3S/c27-19-5-7-26(8-6-19)23(29)20-3-1-2-4-21(20)30-15-22(28)25-24-12-16-9-17(13-24)11-18(10-16)14-24/h1-4,16-19,27H,5-15H2,(H,25,28). The van der Waals surface area contributed by atoms with Gasteiger partial charge in [-0.25, -0.2) is 0 Å². The summed E-state index contributed by atoms with van der Waals surface area (Å²) < 4.78 is 0. The van der Waals surface area contributed by atoms with Crippen LogP contribution in [-0.4, -0.2) is 52.3 Å². The van der Waals surface area contributed by atoms with Gasteiger partial charge in [0.25, 0.3) is 5.91 Å². The van der Waals surface area contributed by atoms with Crippen LogP contribution in [0.3, 0.4) is 0 Å². The maximum atomic E-state index is 13.0. The Hall–Kier alpha value is -1.53. The highest BCUT2D eigenvalue weighted by atomic mass is 32.2. The molecule has 1 aromatic rings. The third-order valence-corrected chi connectivity index (χ3v) is 8.74. The fourth-order valence-electron chi connectivity index (χ4n) is 6.75. The van der Waals surface area contributed by atoms with Crippen LogP contribution in [0.1, 0.15) is 61.7 Å². The molecule has 1 saturated heterocycles. The molecule has 4 bridgehead atoms. The quantitative estimate of drug-likeness (QED) is 0.705. The van der Waals surface area contributed by atoms with Crippen LogP contribution in [0.5, 0.6) is 0 Å². The van der Waals surface area contributed by atoms with E-state index in [1.165, 1.54) is 31.0 Å². The number of piperidine rings is 1. The van der Waals surface area contributed by atoms with E-state index in [0.29, 0.717) is 37.2 Å². The third kappa shape index (κ3) is 4.13. The van der Waals surface area contributed by atoms with Crippen LogP contribution in [0.2, 0.25) is 0 Å². The van der Waals surface area contributed by atoms with Gasteiger partial charge in [0.05, 0.1) is 17.4 Å². The van der Waals surface area contributed by atoms with Crippen LogP contribution in [0.4, 0.5) is 0 Å². The molecule has 0 spiro atoms. The molecular formula is C24H32N2O3S. The highest BCUT2D eigenvalue weighted by Gasteiger charge is 2.51. The van der Waals surface area contributed by atoms with Crippen LogP contribution in [0.15, 0.2) is 29.2 Å². The van der Waals surface area contributed by atoms with Gasteiger partial charge in [-0.05, 0) is 81.3 Å². The minimum atomic E-state index is -0.299. The van der Waals surface area contributed by atoms with Crippen molar-refractivity contribution in [3.8, 4) is 0 Å². The smallest absolute Gasteiger partial charge is 0.254 e. The lowest BCUT2D eigenvalue weighted by molar-refractivity contribution is -0.124. The van der Waals surface area contributed by atoms with Crippen molar-refractivity contribution in [3.63, 3.8) is 0 Å². The minimum Gasteiger partial charge on any atom is -0.393 e. The first kappa shape index (κ1) is 20.4. The van der Waals surface area contributed by atoms with Crippen molar-refractivity contribution in [2.24, 2.45) is 17.8 Å². The molecular weight excluding hydrogens is 396 g/mol. The number of nitrogens with one attached hydrogen (secondary N) is 1. The number of benzene rings is 1. The molecule has 6 rings (SSSR count). The Bertz CT molecular complexity index is 783. The molecule has 5 fully saturated rings. The van der Waals surface area contributed by atoms with E-state index in [1.54, 1.807) is 0 Å². The molecule has 0 radical (unpaired) electrons. The lowest BCUT2D eigenvalue weighted by atomic mass is 9.53. The Morgan fingerprint density at radius 2 is 1.63 bits per heavy atom. The number of aliphatic hydroxyl groups is 1. The molecule has 2 amide bonds. The van der Waals surface area contributed by atoms with Gasteiger partial charge >= 0.3 is 0 Å². The monoisotopic (exact) mass is 428 g/mol. The molecule has 30 heavy (non-hydrogen) atoms. The van der Waals surface area contributed by atoms with Crippen molar-refractivity contribution >= 4 is 23.6 Å². The van der Waals surface area contributed by atoms with Crippen molar-refractivity contribution in [2.75, 3.05) is 18.8 Å². The molecule has 1 heterocycles. The van der Waals surface area contributed by atoms with Gasteiger partial charge < -0.3 is 15.3 Å². The fourth-order valence-corrected chi connectivity index (χ4v) is 7.59. The number of aliphatic hydroxyl groups excluding tert-OH is 1. The summed E-state index contributed by atoms with van der Waals surface area (Å²) in [6.45, 7) is 1.18.